The van der Waals surface area contributed by atoms with E-state index in [-0.39, 0.29) is 23.9 Å². The minimum Gasteiger partial charge on any atom is -0.490 e. The van der Waals surface area contributed by atoms with E-state index in [2.05, 4.69) is 13.2 Å². The first kappa shape index (κ1) is 34.1. The van der Waals surface area contributed by atoms with Gasteiger partial charge in [0, 0.05) is 28.7 Å². The Bertz CT molecular complexity index is 1250. The molecule has 0 saturated heterocycles. The van der Waals surface area contributed by atoms with E-state index in [4.69, 9.17) is 33.2 Å². The zero-order valence-electron chi connectivity index (χ0n) is 25.9. The van der Waals surface area contributed by atoms with E-state index in [1.165, 1.54) is 0 Å². The Morgan fingerprint density at radius 2 is 1.17 bits per heavy atom. The molecular formula is C33H44O9. The lowest BCUT2D eigenvalue weighted by molar-refractivity contribution is -0.130. The minimum absolute atomic E-state index is 0.104. The fraction of sp³-hybridized carbons (Fsp3) is 0.455. The number of benzene rings is 2. The van der Waals surface area contributed by atoms with Crippen LogP contribution >= 0.6 is 0 Å². The summed E-state index contributed by atoms with van der Waals surface area (Å²) in [5.41, 5.74) is 0.604. The quantitative estimate of drug-likeness (QED) is 0.104. The summed E-state index contributed by atoms with van der Waals surface area (Å²) in [7, 11) is 0. The highest BCUT2D eigenvalue weighted by atomic mass is 16.6. The van der Waals surface area contributed by atoms with Crippen LogP contribution in [-0.4, -0.2) is 45.0 Å². The SMILES string of the molecule is C=CC(=O)Oc1ccc(C(C)(C)c2cc(OCC)c(OC(=O)C=C)c(OCC)c2OCC)c(OCCC)c1OCCC. The molecule has 2 aromatic carbocycles. The van der Waals surface area contributed by atoms with Crippen molar-refractivity contribution in [3.8, 4) is 40.2 Å². The molecule has 0 saturated carbocycles. The smallest absolute Gasteiger partial charge is 0.335 e. The van der Waals surface area contributed by atoms with Crippen molar-refractivity contribution in [2.45, 2.75) is 66.7 Å². The topological polar surface area (TPSA) is 98.8 Å². The molecule has 0 unspecified atom stereocenters. The highest BCUT2D eigenvalue weighted by Gasteiger charge is 2.37. The van der Waals surface area contributed by atoms with Crippen LogP contribution in [-0.2, 0) is 15.0 Å². The summed E-state index contributed by atoms with van der Waals surface area (Å²) in [6.45, 7) is 22.2. The first-order valence-electron chi connectivity index (χ1n) is 14.4. The molecule has 0 aliphatic rings. The number of hydrogen-bond acceptors (Lipinski definition) is 9. The zero-order valence-corrected chi connectivity index (χ0v) is 25.9. The van der Waals surface area contributed by atoms with Crippen LogP contribution in [0.2, 0.25) is 0 Å². The summed E-state index contributed by atoms with van der Waals surface area (Å²) < 4.78 is 41.7. The van der Waals surface area contributed by atoms with Crippen molar-refractivity contribution in [2.75, 3.05) is 33.0 Å². The van der Waals surface area contributed by atoms with E-state index in [0.717, 1.165) is 30.6 Å². The zero-order chi connectivity index (χ0) is 31.3. The molecule has 0 bridgehead atoms. The van der Waals surface area contributed by atoms with E-state index in [9.17, 15) is 9.59 Å². The molecule has 0 spiro atoms. The average molecular weight is 585 g/mol. The van der Waals surface area contributed by atoms with Gasteiger partial charge in [-0.2, -0.15) is 0 Å². The Balaban J connectivity index is 2.99. The molecule has 230 valence electrons. The van der Waals surface area contributed by atoms with Gasteiger partial charge in [-0.1, -0.05) is 46.9 Å². The Labute approximate surface area is 249 Å². The second kappa shape index (κ2) is 16.3. The van der Waals surface area contributed by atoms with Crippen molar-refractivity contribution in [2.24, 2.45) is 0 Å². The summed E-state index contributed by atoms with van der Waals surface area (Å²) in [6.07, 6.45) is 3.62. The van der Waals surface area contributed by atoms with E-state index < -0.39 is 17.4 Å². The minimum atomic E-state index is -0.822. The van der Waals surface area contributed by atoms with Gasteiger partial charge in [-0.3, -0.25) is 0 Å². The van der Waals surface area contributed by atoms with Gasteiger partial charge < -0.3 is 33.2 Å². The van der Waals surface area contributed by atoms with Gasteiger partial charge in [-0.15, -0.1) is 0 Å². The molecule has 0 aromatic heterocycles. The monoisotopic (exact) mass is 584 g/mol. The normalized spacial score (nSPS) is 10.8. The third kappa shape index (κ3) is 7.99. The Morgan fingerprint density at radius 3 is 1.71 bits per heavy atom. The number of ether oxygens (including phenoxy) is 7. The van der Waals surface area contributed by atoms with Crippen LogP contribution in [0.1, 0.15) is 72.4 Å². The van der Waals surface area contributed by atoms with Gasteiger partial charge in [0.1, 0.15) is 0 Å². The summed E-state index contributed by atoms with van der Waals surface area (Å²) in [5, 5.41) is 0. The van der Waals surface area contributed by atoms with Gasteiger partial charge in [-0.05, 0) is 45.7 Å². The number of esters is 2. The first-order chi connectivity index (χ1) is 20.1. The second-order valence-corrected chi connectivity index (χ2v) is 9.55. The second-order valence-electron chi connectivity index (χ2n) is 9.55. The first-order valence-corrected chi connectivity index (χ1v) is 14.4. The molecule has 0 radical (unpaired) electrons. The molecule has 0 atom stereocenters. The molecule has 0 aliphatic carbocycles. The fourth-order valence-corrected chi connectivity index (χ4v) is 4.23. The van der Waals surface area contributed by atoms with Crippen LogP contribution in [0.4, 0.5) is 0 Å². The van der Waals surface area contributed by atoms with E-state index in [1.54, 1.807) is 12.1 Å². The Morgan fingerprint density at radius 1 is 0.643 bits per heavy atom. The highest BCUT2D eigenvalue weighted by molar-refractivity contribution is 5.85. The third-order valence-electron chi connectivity index (χ3n) is 6.10. The van der Waals surface area contributed by atoms with Crippen molar-refractivity contribution >= 4 is 11.9 Å². The molecule has 0 N–H and O–H groups in total. The fourth-order valence-electron chi connectivity index (χ4n) is 4.23. The molecule has 0 amide bonds. The lowest BCUT2D eigenvalue weighted by Crippen LogP contribution is -2.23. The van der Waals surface area contributed by atoms with Crippen molar-refractivity contribution in [1.29, 1.82) is 0 Å². The van der Waals surface area contributed by atoms with Crippen molar-refractivity contribution < 1.29 is 42.7 Å². The molecule has 0 heterocycles. The van der Waals surface area contributed by atoms with Crippen LogP contribution in [0.3, 0.4) is 0 Å². The van der Waals surface area contributed by atoms with Crippen LogP contribution in [0.15, 0.2) is 43.5 Å². The van der Waals surface area contributed by atoms with Gasteiger partial charge >= 0.3 is 11.9 Å². The molecule has 42 heavy (non-hydrogen) atoms. The standard InChI is InChI=1S/C33H44O9/c1-10-19-39-28-22(17-18-24(41-26(34)12-3)30(28)40-20-11-2)33(8,9)23-21-25(36-14-5)31(42-27(35)13-4)32(38-16-7)29(23)37-15-6/h12-13,17-18,21H,3-4,10-11,14-16,19-20H2,1-2,5-9H3. The van der Waals surface area contributed by atoms with Crippen LogP contribution < -0.4 is 33.2 Å². The van der Waals surface area contributed by atoms with Gasteiger partial charge in [-0.25, -0.2) is 9.59 Å². The van der Waals surface area contributed by atoms with Crippen LogP contribution in [0, 0.1) is 0 Å². The maximum atomic E-state index is 12.3. The van der Waals surface area contributed by atoms with Gasteiger partial charge in [0.25, 0.3) is 0 Å². The number of rotatable bonds is 18. The van der Waals surface area contributed by atoms with Gasteiger partial charge in [0.2, 0.25) is 17.2 Å². The third-order valence-corrected chi connectivity index (χ3v) is 6.10. The molecule has 0 fully saturated rings. The van der Waals surface area contributed by atoms with E-state index in [1.807, 2.05) is 54.5 Å². The number of hydrogen-bond donors (Lipinski definition) is 0. The van der Waals surface area contributed by atoms with Crippen molar-refractivity contribution in [1.82, 2.24) is 0 Å². The van der Waals surface area contributed by atoms with Crippen molar-refractivity contribution in [3.63, 3.8) is 0 Å². The van der Waals surface area contributed by atoms with Crippen molar-refractivity contribution in [3.05, 3.63) is 54.6 Å². The molecular weight excluding hydrogens is 540 g/mol. The van der Waals surface area contributed by atoms with Gasteiger partial charge in [0.15, 0.2) is 23.0 Å². The maximum Gasteiger partial charge on any atom is 0.335 e. The van der Waals surface area contributed by atoms with Crippen LogP contribution in [0.5, 0.6) is 40.2 Å². The number of carbonyl (C=O) groups excluding carboxylic acids is 2. The van der Waals surface area contributed by atoms with E-state index in [0.29, 0.717) is 55.0 Å². The summed E-state index contributed by atoms with van der Waals surface area (Å²) in [6, 6.07) is 5.29. The highest BCUT2D eigenvalue weighted by Crippen LogP contribution is 2.54. The number of carbonyl (C=O) groups is 2. The lowest BCUT2D eigenvalue weighted by atomic mass is 9.76. The molecule has 2 aromatic rings. The predicted octanol–water partition coefficient (Wildman–Crippen LogP) is 6.97. The van der Waals surface area contributed by atoms with E-state index >= 15 is 0 Å². The predicted molar refractivity (Wildman–Crippen MR) is 162 cm³/mol. The summed E-state index contributed by atoms with van der Waals surface area (Å²) in [4.78, 5) is 24.5. The molecule has 0 aliphatic heterocycles. The maximum absolute atomic E-state index is 12.3. The lowest BCUT2D eigenvalue weighted by Gasteiger charge is -2.32. The molecule has 9 heteroatoms. The molecule has 2 rings (SSSR count). The van der Waals surface area contributed by atoms with Crippen LogP contribution in [0.25, 0.3) is 0 Å². The Hall–Kier alpha value is -4.14. The largest absolute Gasteiger partial charge is 0.490 e. The summed E-state index contributed by atoms with van der Waals surface area (Å²) in [5.74, 6) is 0.727. The van der Waals surface area contributed by atoms with Gasteiger partial charge in [0.05, 0.1) is 33.0 Å². The summed E-state index contributed by atoms with van der Waals surface area (Å²) >= 11 is 0. The Kier molecular flexibility index (Phi) is 13.3. The average Bonchev–Trinajstić information content (AvgIpc) is 2.97. The molecule has 9 nitrogen and oxygen atoms in total.